The number of aromatic nitrogens is 3. The van der Waals surface area contributed by atoms with Crippen LogP contribution in [0.4, 0.5) is 10.2 Å². The molecule has 2 aromatic heterocycles. The van der Waals surface area contributed by atoms with Gasteiger partial charge in [-0.3, -0.25) is 9.88 Å². The Hall–Kier alpha value is -3.58. The van der Waals surface area contributed by atoms with E-state index in [0.717, 1.165) is 47.2 Å². The summed E-state index contributed by atoms with van der Waals surface area (Å²) in [6, 6.07) is 14.3. The maximum Gasteiger partial charge on any atom is 0.163 e. The van der Waals surface area contributed by atoms with Crippen molar-refractivity contribution in [3.05, 3.63) is 66.7 Å². The highest BCUT2D eigenvalue weighted by atomic mass is 19.1. The zero-order valence-electron chi connectivity index (χ0n) is 19.3. The van der Waals surface area contributed by atoms with Crippen LogP contribution in [-0.4, -0.2) is 53.1 Å². The molecule has 7 heteroatoms. The Bertz CT molecular complexity index is 1260. The van der Waals surface area contributed by atoms with Gasteiger partial charge in [0.15, 0.2) is 5.82 Å². The lowest BCUT2D eigenvalue weighted by Crippen LogP contribution is -2.33. The van der Waals surface area contributed by atoms with Gasteiger partial charge in [-0.1, -0.05) is 18.6 Å². The molecule has 0 bridgehead atoms. The highest BCUT2D eigenvalue weighted by Gasteiger charge is 2.16. The number of piperidine rings is 1. The van der Waals surface area contributed by atoms with Crippen molar-refractivity contribution in [1.29, 1.82) is 0 Å². The van der Waals surface area contributed by atoms with Crippen LogP contribution in [0.3, 0.4) is 0 Å². The van der Waals surface area contributed by atoms with Crippen LogP contribution in [0.15, 0.2) is 60.9 Å². The fourth-order valence-electron chi connectivity index (χ4n) is 4.40. The van der Waals surface area contributed by atoms with Crippen molar-refractivity contribution in [2.45, 2.75) is 19.3 Å². The second-order valence-corrected chi connectivity index (χ2v) is 8.52. The van der Waals surface area contributed by atoms with Crippen molar-refractivity contribution in [2.75, 3.05) is 38.6 Å². The van der Waals surface area contributed by atoms with Gasteiger partial charge in [-0.15, -0.1) is 0 Å². The van der Waals surface area contributed by atoms with Crippen LogP contribution in [0.2, 0.25) is 0 Å². The van der Waals surface area contributed by atoms with Crippen LogP contribution < -0.4 is 10.1 Å². The van der Waals surface area contributed by atoms with Crippen molar-refractivity contribution in [3.8, 4) is 28.3 Å². The van der Waals surface area contributed by atoms with E-state index in [4.69, 9.17) is 14.7 Å². The van der Waals surface area contributed by atoms with Crippen molar-refractivity contribution >= 4 is 16.7 Å². The average molecular weight is 458 g/mol. The summed E-state index contributed by atoms with van der Waals surface area (Å²) in [4.78, 5) is 16.3. The Morgan fingerprint density at radius 1 is 0.971 bits per heavy atom. The maximum atomic E-state index is 13.5. The quantitative estimate of drug-likeness (QED) is 0.401. The molecule has 174 valence electrons. The van der Waals surface area contributed by atoms with Gasteiger partial charge in [0.25, 0.3) is 0 Å². The fourth-order valence-corrected chi connectivity index (χ4v) is 4.40. The number of hydrogen-bond acceptors (Lipinski definition) is 6. The number of nitrogens with one attached hydrogen (secondary N) is 1. The zero-order chi connectivity index (χ0) is 23.3. The minimum atomic E-state index is -0.261. The number of rotatable bonds is 7. The van der Waals surface area contributed by atoms with E-state index in [-0.39, 0.29) is 5.82 Å². The van der Waals surface area contributed by atoms with E-state index in [2.05, 4.69) is 15.2 Å². The number of nitrogens with zero attached hydrogens (tertiary/aromatic N) is 4. The number of halogens is 1. The lowest BCUT2D eigenvalue weighted by atomic mass is 10.0. The van der Waals surface area contributed by atoms with Gasteiger partial charge in [0.2, 0.25) is 0 Å². The first kappa shape index (κ1) is 22.2. The van der Waals surface area contributed by atoms with Crippen LogP contribution in [0.5, 0.6) is 5.75 Å². The summed E-state index contributed by atoms with van der Waals surface area (Å²) in [6.07, 6.45) is 7.28. The largest absolute Gasteiger partial charge is 0.490 e. The first-order chi connectivity index (χ1) is 16.7. The minimum absolute atomic E-state index is 0.261. The SMILES string of the molecule is CNc1nc(-c2cccnc2)nc2c(OCCN3CCCCC3)cc(-c3ccc(F)cc3)cc12. The summed E-state index contributed by atoms with van der Waals surface area (Å²) in [5.41, 5.74) is 3.41. The van der Waals surface area contributed by atoms with Crippen LogP contribution in [0, 0.1) is 5.82 Å². The molecule has 0 amide bonds. The molecule has 0 radical (unpaired) electrons. The molecule has 0 saturated carbocycles. The molecule has 1 aliphatic rings. The molecule has 1 N–H and O–H groups in total. The Morgan fingerprint density at radius 2 is 1.79 bits per heavy atom. The monoisotopic (exact) mass is 457 g/mol. The van der Waals surface area contributed by atoms with Crippen molar-refractivity contribution < 1.29 is 9.13 Å². The van der Waals surface area contributed by atoms with Crippen LogP contribution in [0.25, 0.3) is 33.4 Å². The van der Waals surface area contributed by atoms with E-state index >= 15 is 0 Å². The predicted octanol–water partition coefficient (Wildman–Crippen LogP) is 5.40. The second-order valence-electron chi connectivity index (χ2n) is 8.52. The Labute approximate surface area is 198 Å². The van der Waals surface area contributed by atoms with E-state index in [1.54, 1.807) is 24.5 Å². The molecule has 5 rings (SSSR count). The molecule has 2 aromatic carbocycles. The van der Waals surface area contributed by atoms with Crippen molar-refractivity contribution in [1.82, 2.24) is 19.9 Å². The van der Waals surface area contributed by atoms with Crippen molar-refractivity contribution in [3.63, 3.8) is 0 Å². The number of pyridine rings is 1. The molecule has 0 spiro atoms. The Kier molecular flexibility index (Phi) is 6.62. The molecule has 6 nitrogen and oxygen atoms in total. The van der Waals surface area contributed by atoms with Gasteiger partial charge < -0.3 is 10.1 Å². The van der Waals surface area contributed by atoms with Crippen LogP contribution in [0.1, 0.15) is 19.3 Å². The summed E-state index contributed by atoms with van der Waals surface area (Å²) in [5.74, 6) is 1.72. The molecule has 4 aromatic rings. The highest BCUT2D eigenvalue weighted by Crippen LogP contribution is 2.36. The predicted molar refractivity (Wildman–Crippen MR) is 133 cm³/mol. The van der Waals surface area contributed by atoms with Gasteiger partial charge in [-0.25, -0.2) is 14.4 Å². The van der Waals surface area contributed by atoms with Gasteiger partial charge in [0.05, 0.1) is 0 Å². The highest BCUT2D eigenvalue weighted by molar-refractivity contribution is 5.97. The Morgan fingerprint density at radius 3 is 2.53 bits per heavy atom. The van der Waals surface area contributed by atoms with Crippen LogP contribution in [-0.2, 0) is 0 Å². The average Bonchev–Trinajstić information content (AvgIpc) is 2.89. The fraction of sp³-hybridized carbons (Fsp3) is 0.296. The molecule has 3 heterocycles. The molecule has 1 aliphatic heterocycles. The van der Waals surface area contributed by atoms with E-state index in [9.17, 15) is 4.39 Å². The smallest absolute Gasteiger partial charge is 0.163 e. The Balaban J connectivity index is 1.57. The topological polar surface area (TPSA) is 63.2 Å². The molecule has 1 fully saturated rings. The zero-order valence-corrected chi connectivity index (χ0v) is 19.3. The molecule has 34 heavy (non-hydrogen) atoms. The number of benzene rings is 2. The van der Waals surface area contributed by atoms with Gasteiger partial charge in [-0.2, -0.15) is 0 Å². The second kappa shape index (κ2) is 10.1. The number of hydrogen-bond donors (Lipinski definition) is 1. The van der Waals surface area contributed by atoms with E-state index in [0.29, 0.717) is 24.0 Å². The molecular formula is C27H28FN5O. The summed E-state index contributed by atoms with van der Waals surface area (Å²) < 4.78 is 19.9. The lowest BCUT2D eigenvalue weighted by molar-refractivity contribution is 0.184. The number of likely N-dealkylation sites (tertiary alicyclic amines) is 1. The van der Waals surface area contributed by atoms with Gasteiger partial charge in [0.1, 0.15) is 29.5 Å². The summed E-state index contributed by atoms with van der Waals surface area (Å²) in [6.45, 7) is 3.69. The third-order valence-electron chi connectivity index (χ3n) is 6.21. The third-order valence-corrected chi connectivity index (χ3v) is 6.21. The molecule has 0 unspecified atom stereocenters. The molecule has 1 saturated heterocycles. The first-order valence-corrected chi connectivity index (χ1v) is 11.8. The van der Waals surface area contributed by atoms with E-state index in [1.807, 2.05) is 31.3 Å². The summed E-state index contributed by atoms with van der Waals surface area (Å²) >= 11 is 0. The maximum absolute atomic E-state index is 13.5. The summed E-state index contributed by atoms with van der Waals surface area (Å²) in [5, 5.41) is 4.06. The first-order valence-electron chi connectivity index (χ1n) is 11.8. The minimum Gasteiger partial charge on any atom is -0.490 e. The number of ether oxygens (including phenoxy) is 1. The summed E-state index contributed by atoms with van der Waals surface area (Å²) in [7, 11) is 1.84. The standard InChI is InChI=1S/C27H28FN5O/c1-29-27-23-16-21(19-7-9-22(28)10-8-19)17-24(34-15-14-33-12-3-2-4-13-33)25(23)31-26(32-27)20-6-5-11-30-18-20/h5-11,16-18H,2-4,12-15H2,1H3,(H,29,31,32). The number of fused-ring (bicyclic) bond motifs is 1. The van der Waals surface area contributed by atoms with E-state index in [1.165, 1.54) is 31.4 Å². The normalized spacial score (nSPS) is 14.3. The lowest BCUT2D eigenvalue weighted by Gasteiger charge is -2.26. The molecule has 0 aliphatic carbocycles. The van der Waals surface area contributed by atoms with Gasteiger partial charge in [-0.05, 0) is 73.5 Å². The third kappa shape index (κ3) is 4.84. The van der Waals surface area contributed by atoms with E-state index < -0.39 is 0 Å². The van der Waals surface area contributed by atoms with Crippen LogP contribution >= 0.6 is 0 Å². The van der Waals surface area contributed by atoms with Gasteiger partial charge in [0, 0.05) is 36.9 Å². The number of anilines is 1. The van der Waals surface area contributed by atoms with Crippen molar-refractivity contribution in [2.24, 2.45) is 0 Å². The van der Waals surface area contributed by atoms with Gasteiger partial charge >= 0.3 is 0 Å². The molecular weight excluding hydrogens is 429 g/mol. The molecule has 0 atom stereocenters.